The third kappa shape index (κ3) is 2.73. The molecule has 0 aromatic carbocycles. The highest BCUT2D eigenvalue weighted by molar-refractivity contribution is 5.93. The molecule has 1 N–H and O–H groups in total. The molecular weight excluding hydrogens is 270 g/mol. The number of allylic oxidation sites excluding steroid dienone is 2. The number of piperidine rings is 1. The zero-order chi connectivity index (χ0) is 14.9. The van der Waals surface area contributed by atoms with E-state index >= 15 is 0 Å². The number of rotatable bonds is 2. The standard InChI is InChI=1S/C16H19NO4/c18-14(12-5-6-13(21-12)15(19)20)17-10-4-9-16(11-17)7-2-1-3-8-16/h1-2,5-6H,3-4,7-11H2,(H,19,20). The molecule has 0 saturated carbocycles. The zero-order valence-electron chi connectivity index (χ0n) is 11.9. The lowest BCUT2D eigenvalue weighted by Crippen LogP contribution is -2.46. The van der Waals surface area contributed by atoms with Gasteiger partial charge >= 0.3 is 5.97 Å². The molecule has 21 heavy (non-hydrogen) atoms. The number of likely N-dealkylation sites (tertiary alicyclic amines) is 1. The Balaban J connectivity index is 1.74. The average Bonchev–Trinajstić information content (AvgIpc) is 2.97. The Morgan fingerprint density at radius 1 is 1.19 bits per heavy atom. The van der Waals surface area contributed by atoms with Crippen molar-refractivity contribution >= 4 is 11.9 Å². The molecule has 1 aliphatic carbocycles. The lowest BCUT2D eigenvalue weighted by atomic mass is 9.71. The van der Waals surface area contributed by atoms with Crippen LogP contribution in [0.15, 0.2) is 28.7 Å². The summed E-state index contributed by atoms with van der Waals surface area (Å²) in [5.74, 6) is -1.42. The molecule has 0 bridgehead atoms. The van der Waals surface area contributed by atoms with Gasteiger partial charge in [0.15, 0.2) is 5.76 Å². The van der Waals surface area contributed by atoms with Crippen LogP contribution < -0.4 is 0 Å². The molecule has 1 fully saturated rings. The quantitative estimate of drug-likeness (QED) is 0.850. The summed E-state index contributed by atoms with van der Waals surface area (Å²) >= 11 is 0. The van der Waals surface area contributed by atoms with Crippen molar-refractivity contribution in [1.82, 2.24) is 4.90 Å². The zero-order valence-corrected chi connectivity index (χ0v) is 11.9. The van der Waals surface area contributed by atoms with Gasteiger partial charge in [0.25, 0.3) is 5.91 Å². The SMILES string of the molecule is O=C(O)c1ccc(C(=O)N2CCCC3(CC=CCC3)C2)o1. The van der Waals surface area contributed by atoms with Crippen molar-refractivity contribution in [3.63, 3.8) is 0 Å². The number of hydrogen-bond donors (Lipinski definition) is 1. The van der Waals surface area contributed by atoms with Crippen LogP contribution in [0.2, 0.25) is 0 Å². The molecule has 2 heterocycles. The molecule has 5 nitrogen and oxygen atoms in total. The molecule has 1 amide bonds. The summed E-state index contributed by atoms with van der Waals surface area (Å²) in [7, 11) is 0. The predicted molar refractivity (Wildman–Crippen MR) is 76.2 cm³/mol. The number of carboxylic acids is 1. The van der Waals surface area contributed by atoms with Gasteiger partial charge in [-0.05, 0) is 49.7 Å². The van der Waals surface area contributed by atoms with Gasteiger partial charge in [0.2, 0.25) is 5.76 Å². The first-order valence-electron chi connectivity index (χ1n) is 7.37. The molecule has 1 aliphatic heterocycles. The lowest BCUT2D eigenvalue weighted by molar-refractivity contribution is 0.0452. The largest absolute Gasteiger partial charge is 0.475 e. The van der Waals surface area contributed by atoms with E-state index in [1.165, 1.54) is 12.1 Å². The van der Waals surface area contributed by atoms with Crippen molar-refractivity contribution in [2.24, 2.45) is 5.41 Å². The van der Waals surface area contributed by atoms with Gasteiger partial charge < -0.3 is 14.4 Å². The molecule has 5 heteroatoms. The van der Waals surface area contributed by atoms with Crippen LogP contribution in [0.1, 0.15) is 53.2 Å². The van der Waals surface area contributed by atoms with Gasteiger partial charge in [-0.1, -0.05) is 12.2 Å². The third-order valence-electron chi connectivity index (χ3n) is 4.54. The molecule has 1 aromatic heterocycles. The third-order valence-corrected chi connectivity index (χ3v) is 4.54. The highest BCUT2D eigenvalue weighted by Crippen LogP contribution is 2.41. The van der Waals surface area contributed by atoms with Crippen LogP contribution in [0.4, 0.5) is 0 Å². The molecule has 1 saturated heterocycles. The van der Waals surface area contributed by atoms with E-state index in [0.717, 1.165) is 38.6 Å². The maximum Gasteiger partial charge on any atom is 0.371 e. The lowest BCUT2D eigenvalue weighted by Gasteiger charge is -2.43. The van der Waals surface area contributed by atoms with Crippen LogP contribution in [0.25, 0.3) is 0 Å². The summed E-state index contributed by atoms with van der Waals surface area (Å²) in [5.41, 5.74) is 0.199. The van der Waals surface area contributed by atoms with Crippen molar-refractivity contribution < 1.29 is 19.1 Å². The summed E-state index contributed by atoms with van der Waals surface area (Å²) in [4.78, 5) is 25.1. The summed E-state index contributed by atoms with van der Waals surface area (Å²) < 4.78 is 5.13. The minimum atomic E-state index is -1.15. The van der Waals surface area contributed by atoms with Crippen molar-refractivity contribution in [3.8, 4) is 0 Å². The molecule has 0 radical (unpaired) electrons. The Morgan fingerprint density at radius 2 is 2.00 bits per heavy atom. The number of nitrogens with zero attached hydrogens (tertiary/aromatic N) is 1. The van der Waals surface area contributed by atoms with E-state index in [-0.39, 0.29) is 22.8 Å². The fourth-order valence-corrected chi connectivity index (χ4v) is 3.42. The fourth-order valence-electron chi connectivity index (χ4n) is 3.42. The van der Waals surface area contributed by atoms with Crippen molar-refractivity contribution in [2.75, 3.05) is 13.1 Å². The first-order chi connectivity index (χ1) is 10.1. The van der Waals surface area contributed by atoms with E-state index < -0.39 is 5.97 Å². The number of carbonyl (C=O) groups excluding carboxylic acids is 1. The smallest absolute Gasteiger partial charge is 0.371 e. The fraction of sp³-hybridized carbons (Fsp3) is 0.500. The minimum Gasteiger partial charge on any atom is -0.475 e. The number of aromatic carboxylic acids is 1. The van der Waals surface area contributed by atoms with Crippen molar-refractivity contribution in [2.45, 2.75) is 32.1 Å². The van der Waals surface area contributed by atoms with Crippen LogP contribution in [0.3, 0.4) is 0 Å². The van der Waals surface area contributed by atoms with E-state index in [9.17, 15) is 9.59 Å². The Bertz CT molecular complexity index is 589. The topological polar surface area (TPSA) is 70.8 Å². The molecule has 1 atom stereocenters. The van der Waals surface area contributed by atoms with Gasteiger partial charge in [-0.25, -0.2) is 4.79 Å². The van der Waals surface area contributed by atoms with Crippen LogP contribution >= 0.6 is 0 Å². The van der Waals surface area contributed by atoms with Gasteiger partial charge in [0, 0.05) is 13.1 Å². The number of furan rings is 1. The second-order valence-corrected chi connectivity index (χ2v) is 6.01. The van der Waals surface area contributed by atoms with Crippen molar-refractivity contribution in [1.29, 1.82) is 0 Å². The summed E-state index contributed by atoms with van der Waals surface area (Å²) in [5, 5.41) is 8.86. The Labute approximate surface area is 123 Å². The van der Waals surface area contributed by atoms with E-state index in [4.69, 9.17) is 9.52 Å². The molecule has 2 aliphatic rings. The first-order valence-corrected chi connectivity index (χ1v) is 7.37. The highest BCUT2D eigenvalue weighted by atomic mass is 16.4. The van der Waals surface area contributed by atoms with E-state index in [2.05, 4.69) is 12.2 Å². The predicted octanol–water partition coefficient (Wildman–Crippen LogP) is 2.94. The Kier molecular flexibility index (Phi) is 3.57. The van der Waals surface area contributed by atoms with Gasteiger partial charge in [-0.2, -0.15) is 0 Å². The van der Waals surface area contributed by atoms with Crippen LogP contribution in [0, 0.1) is 5.41 Å². The van der Waals surface area contributed by atoms with Gasteiger partial charge in [-0.3, -0.25) is 4.79 Å². The maximum atomic E-state index is 12.5. The molecule has 1 spiro atoms. The molecule has 1 unspecified atom stereocenters. The van der Waals surface area contributed by atoms with E-state index in [1.54, 1.807) is 0 Å². The van der Waals surface area contributed by atoms with E-state index in [0.29, 0.717) is 6.54 Å². The van der Waals surface area contributed by atoms with Gasteiger partial charge in [-0.15, -0.1) is 0 Å². The Hall–Kier alpha value is -2.04. The van der Waals surface area contributed by atoms with Crippen molar-refractivity contribution in [3.05, 3.63) is 35.8 Å². The summed E-state index contributed by atoms with van der Waals surface area (Å²) in [6.45, 7) is 1.45. The van der Waals surface area contributed by atoms with Crippen LogP contribution in [-0.2, 0) is 0 Å². The second-order valence-electron chi connectivity index (χ2n) is 6.01. The molecule has 3 rings (SSSR count). The summed E-state index contributed by atoms with van der Waals surface area (Å²) in [6, 6.07) is 2.78. The van der Waals surface area contributed by atoms with Gasteiger partial charge in [0.1, 0.15) is 0 Å². The maximum absolute atomic E-state index is 12.5. The second kappa shape index (κ2) is 5.39. The monoisotopic (exact) mass is 289 g/mol. The number of carboxylic acid groups (broad SMARTS) is 1. The van der Waals surface area contributed by atoms with E-state index in [1.807, 2.05) is 4.90 Å². The summed E-state index contributed by atoms with van der Waals surface area (Å²) in [6.07, 6.45) is 9.78. The number of amides is 1. The molecule has 112 valence electrons. The van der Waals surface area contributed by atoms with Gasteiger partial charge in [0.05, 0.1) is 0 Å². The highest BCUT2D eigenvalue weighted by Gasteiger charge is 2.37. The molecule has 1 aromatic rings. The molecular formula is C16H19NO4. The Morgan fingerprint density at radius 3 is 2.67 bits per heavy atom. The van der Waals surface area contributed by atoms with Crippen LogP contribution in [-0.4, -0.2) is 35.0 Å². The number of carbonyl (C=O) groups is 2. The average molecular weight is 289 g/mol. The first kappa shape index (κ1) is 13.9. The number of hydrogen-bond acceptors (Lipinski definition) is 3. The van der Waals surface area contributed by atoms with Crippen LogP contribution in [0.5, 0.6) is 0 Å². The normalized spacial score (nSPS) is 25.2. The minimum absolute atomic E-state index is 0.121.